The molecule has 1 saturated carbocycles. The Morgan fingerprint density at radius 3 is 2.45 bits per heavy atom. The normalized spacial score (nSPS) is 23.2. The van der Waals surface area contributed by atoms with Crippen molar-refractivity contribution in [2.45, 2.75) is 57.0 Å². The van der Waals surface area contributed by atoms with Crippen molar-refractivity contribution in [1.29, 1.82) is 0 Å². The Kier molecular flexibility index (Phi) is 5.68. The van der Waals surface area contributed by atoms with Crippen LogP contribution in [0, 0.1) is 5.92 Å². The summed E-state index contributed by atoms with van der Waals surface area (Å²) in [6, 6.07) is 8.96. The van der Waals surface area contributed by atoms with E-state index in [9.17, 15) is 4.79 Å². The summed E-state index contributed by atoms with van der Waals surface area (Å²) >= 11 is 0. The second-order valence-corrected chi connectivity index (χ2v) is 8.99. The topological polar surface area (TPSA) is 84.1 Å². The molecule has 31 heavy (non-hydrogen) atoms. The highest BCUT2D eigenvalue weighted by Crippen LogP contribution is 2.33. The van der Waals surface area contributed by atoms with Crippen molar-refractivity contribution in [1.82, 2.24) is 24.6 Å². The maximum atomic E-state index is 10.9. The first-order valence-electron chi connectivity index (χ1n) is 11.4. The van der Waals surface area contributed by atoms with Crippen molar-refractivity contribution in [2.75, 3.05) is 13.1 Å². The SMILES string of the molecule is O=C(O)CC1CCC(N2CCC(n3cc(-c4cnc5ccccc5n4)cn3)CC2)CC1. The van der Waals surface area contributed by atoms with Crippen LogP contribution >= 0.6 is 0 Å². The van der Waals surface area contributed by atoms with Crippen LogP contribution in [0.25, 0.3) is 22.3 Å². The summed E-state index contributed by atoms with van der Waals surface area (Å²) in [5.74, 6) is -0.287. The number of aromatic nitrogens is 4. The molecule has 2 aromatic heterocycles. The number of rotatable bonds is 5. The number of para-hydroxylation sites is 2. The first kappa shape index (κ1) is 20.1. The van der Waals surface area contributed by atoms with E-state index in [1.54, 1.807) is 0 Å². The molecule has 0 radical (unpaired) electrons. The summed E-state index contributed by atoms with van der Waals surface area (Å²) < 4.78 is 2.10. The maximum Gasteiger partial charge on any atom is 0.303 e. The predicted octanol–water partition coefficient (Wildman–Crippen LogP) is 4.16. The van der Waals surface area contributed by atoms with E-state index in [2.05, 4.69) is 25.9 Å². The zero-order valence-electron chi connectivity index (χ0n) is 17.7. The molecule has 162 valence electrons. The van der Waals surface area contributed by atoms with Gasteiger partial charge in [-0.25, -0.2) is 4.98 Å². The molecule has 7 nitrogen and oxygen atoms in total. The number of nitrogens with zero attached hydrogens (tertiary/aromatic N) is 5. The molecule has 1 saturated heterocycles. The lowest BCUT2D eigenvalue weighted by atomic mass is 9.83. The van der Waals surface area contributed by atoms with E-state index >= 15 is 0 Å². The zero-order valence-corrected chi connectivity index (χ0v) is 17.7. The van der Waals surface area contributed by atoms with E-state index in [0.717, 1.165) is 73.9 Å². The van der Waals surface area contributed by atoms with Gasteiger partial charge in [-0.3, -0.25) is 14.5 Å². The van der Waals surface area contributed by atoms with Crippen LogP contribution in [-0.4, -0.2) is 54.9 Å². The summed E-state index contributed by atoms with van der Waals surface area (Å²) in [5.41, 5.74) is 3.68. The highest BCUT2D eigenvalue weighted by Gasteiger charge is 2.30. The lowest BCUT2D eigenvalue weighted by Crippen LogP contribution is -2.43. The smallest absolute Gasteiger partial charge is 0.303 e. The largest absolute Gasteiger partial charge is 0.481 e. The fraction of sp³-hybridized carbons (Fsp3) is 0.500. The average Bonchev–Trinajstić information content (AvgIpc) is 3.29. The molecule has 5 rings (SSSR count). The Morgan fingerprint density at radius 1 is 0.968 bits per heavy atom. The standard InChI is InChI=1S/C24H29N5O2/c30-24(31)13-17-5-7-19(8-6-17)28-11-9-20(10-12-28)29-16-18(14-26-29)23-15-25-21-3-1-2-4-22(21)27-23/h1-4,14-17,19-20H,5-13H2,(H,30,31). The van der Waals surface area contributed by atoms with Crippen molar-refractivity contribution in [3.05, 3.63) is 42.9 Å². The second-order valence-electron chi connectivity index (χ2n) is 8.99. The molecule has 7 heteroatoms. The Morgan fingerprint density at radius 2 is 1.71 bits per heavy atom. The van der Waals surface area contributed by atoms with Crippen LogP contribution in [0.5, 0.6) is 0 Å². The Labute approximate surface area is 182 Å². The summed E-state index contributed by atoms with van der Waals surface area (Å²) in [6.07, 6.45) is 12.7. The Hall–Kier alpha value is -2.80. The third kappa shape index (κ3) is 4.46. The number of carboxylic acids is 1. The van der Waals surface area contributed by atoms with Crippen LogP contribution in [0.1, 0.15) is 51.0 Å². The van der Waals surface area contributed by atoms with Gasteiger partial charge in [0.25, 0.3) is 0 Å². The number of piperidine rings is 1. The van der Waals surface area contributed by atoms with Crippen molar-refractivity contribution in [3.63, 3.8) is 0 Å². The molecule has 3 aromatic rings. The van der Waals surface area contributed by atoms with Gasteiger partial charge in [-0.15, -0.1) is 0 Å². The van der Waals surface area contributed by atoms with Gasteiger partial charge in [-0.05, 0) is 56.6 Å². The van der Waals surface area contributed by atoms with Crippen molar-refractivity contribution < 1.29 is 9.90 Å². The maximum absolute atomic E-state index is 10.9. The lowest BCUT2D eigenvalue weighted by molar-refractivity contribution is -0.138. The van der Waals surface area contributed by atoms with Gasteiger partial charge in [0.15, 0.2) is 0 Å². The van der Waals surface area contributed by atoms with E-state index in [1.165, 1.54) is 0 Å². The summed E-state index contributed by atoms with van der Waals surface area (Å²) in [6.45, 7) is 2.17. The number of carbonyl (C=O) groups is 1. The fourth-order valence-electron chi connectivity index (χ4n) is 5.24. The van der Waals surface area contributed by atoms with E-state index in [1.807, 2.05) is 36.7 Å². The van der Waals surface area contributed by atoms with Gasteiger partial charge < -0.3 is 10.0 Å². The molecule has 1 aliphatic heterocycles. The minimum absolute atomic E-state index is 0.331. The first-order chi connectivity index (χ1) is 15.2. The van der Waals surface area contributed by atoms with Crippen molar-refractivity contribution in [3.8, 4) is 11.3 Å². The van der Waals surface area contributed by atoms with Gasteiger partial charge in [0.2, 0.25) is 0 Å². The number of fused-ring (bicyclic) bond motifs is 1. The van der Waals surface area contributed by atoms with Gasteiger partial charge in [-0.1, -0.05) is 12.1 Å². The molecule has 1 aliphatic carbocycles. The molecule has 1 N–H and O–H groups in total. The van der Waals surface area contributed by atoms with E-state index in [0.29, 0.717) is 24.4 Å². The molecule has 2 fully saturated rings. The zero-order chi connectivity index (χ0) is 21.2. The summed E-state index contributed by atoms with van der Waals surface area (Å²) in [5, 5.41) is 13.7. The minimum atomic E-state index is -0.655. The van der Waals surface area contributed by atoms with E-state index in [-0.39, 0.29) is 0 Å². The number of aliphatic carboxylic acids is 1. The second kappa shape index (κ2) is 8.75. The predicted molar refractivity (Wildman–Crippen MR) is 119 cm³/mol. The van der Waals surface area contributed by atoms with Crippen LogP contribution in [-0.2, 0) is 4.79 Å². The molecule has 0 unspecified atom stereocenters. The first-order valence-corrected chi connectivity index (χ1v) is 11.4. The molecule has 3 heterocycles. The van der Waals surface area contributed by atoms with Crippen LogP contribution in [0.15, 0.2) is 42.9 Å². The molecule has 0 atom stereocenters. The third-order valence-electron chi connectivity index (χ3n) is 7.01. The molecule has 0 spiro atoms. The lowest BCUT2D eigenvalue weighted by Gasteiger charge is -2.40. The quantitative estimate of drug-likeness (QED) is 0.668. The highest BCUT2D eigenvalue weighted by molar-refractivity contribution is 5.76. The van der Waals surface area contributed by atoms with Crippen molar-refractivity contribution >= 4 is 17.0 Å². The van der Waals surface area contributed by atoms with E-state index in [4.69, 9.17) is 10.1 Å². The third-order valence-corrected chi connectivity index (χ3v) is 7.01. The molecule has 2 aliphatic rings. The van der Waals surface area contributed by atoms with Gasteiger partial charge in [0.05, 0.1) is 35.2 Å². The van der Waals surface area contributed by atoms with Gasteiger partial charge in [0, 0.05) is 37.3 Å². The highest BCUT2D eigenvalue weighted by atomic mass is 16.4. The van der Waals surface area contributed by atoms with Crippen LogP contribution in [0.3, 0.4) is 0 Å². The molecule has 1 aromatic carbocycles. The number of carboxylic acid groups (broad SMARTS) is 1. The van der Waals surface area contributed by atoms with Gasteiger partial charge in [0.1, 0.15) is 0 Å². The Balaban J connectivity index is 1.18. The fourth-order valence-corrected chi connectivity index (χ4v) is 5.24. The molecular formula is C24H29N5O2. The average molecular weight is 420 g/mol. The summed E-state index contributed by atoms with van der Waals surface area (Å²) in [7, 11) is 0. The molecule has 0 amide bonds. The van der Waals surface area contributed by atoms with E-state index < -0.39 is 5.97 Å². The molecule has 0 bridgehead atoms. The number of hydrogen-bond acceptors (Lipinski definition) is 5. The van der Waals surface area contributed by atoms with Crippen LogP contribution in [0.4, 0.5) is 0 Å². The number of likely N-dealkylation sites (tertiary alicyclic amines) is 1. The Bertz CT molecular complexity index is 1050. The number of hydrogen-bond donors (Lipinski definition) is 1. The van der Waals surface area contributed by atoms with Crippen LogP contribution < -0.4 is 0 Å². The van der Waals surface area contributed by atoms with Crippen LogP contribution in [0.2, 0.25) is 0 Å². The van der Waals surface area contributed by atoms with Gasteiger partial charge >= 0.3 is 5.97 Å². The monoisotopic (exact) mass is 419 g/mol. The number of benzene rings is 1. The van der Waals surface area contributed by atoms with Gasteiger partial charge in [-0.2, -0.15) is 5.10 Å². The molecular weight excluding hydrogens is 390 g/mol. The van der Waals surface area contributed by atoms with Crippen molar-refractivity contribution in [2.24, 2.45) is 5.92 Å². The minimum Gasteiger partial charge on any atom is -0.481 e. The summed E-state index contributed by atoms with van der Waals surface area (Å²) in [4.78, 5) is 22.8.